The molecule has 1 heterocycles. The first-order chi connectivity index (χ1) is 11.9. The average Bonchev–Trinajstić information content (AvgIpc) is 2.83. The van der Waals surface area contributed by atoms with Gasteiger partial charge < -0.3 is 5.11 Å². The van der Waals surface area contributed by atoms with Crippen molar-refractivity contribution in [2.45, 2.75) is 0 Å². The highest BCUT2D eigenvalue weighted by Gasteiger charge is 2.36. The summed E-state index contributed by atoms with van der Waals surface area (Å²) in [6.07, 6.45) is 1.52. The van der Waals surface area contributed by atoms with Gasteiger partial charge in [-0.2, -0.15) is 0 Å². The molecule has 7 heteroatoms. The van der Waals surface area contributed by atoms with Crippen LogP contribution in [0.5, 0.6) is 5.75 Å². The molecule has 0 aromatic heterocycles. The molecule has 0 aliphatic carbocycles. The van der Waals surface area contributed by atoms with Gasteiger partial charge in [-0.3, -0.25) is 19.3 Å². The van der Waals surface area contributed by atoms with E-state index in [-0.39, 0.29) is 23.0 Å². The monoisotopic (exact) mass is 417 g/mol. The van der Waals surface area contributed by atoms with Crippen LogP contribution in [0.4, 0.5) is 4.79 Å². The van der Waals surface area contributed by atoms with E-state index in [0.717, 1.165) is 21.1 Å². The molecule has 0 radical (unpaired) electrons. The van der Waals surface area contributed by atoms with Crippen molar-refractivity contribution in [1.82, 2.24) is 4.90 Å². The number of amides is 2. The lowest BCUT2D eigenvalue weighted by molar-refractivity contribution is -0.122. The number of halogens is 1. The van der Waals surface area contributed by atoms with E-state index in [1.54, 1.807) is 36.4 Å². The molecule has 0 saturated carbocycles. The summed E-state index contributed by atoms with van der Waals surface area (Å²) in [7, 11) is 0. The Balaban J connectivity index is 1.77. The number of aromatic hydroxyl groups is 1. The fourth-order valence-corrected chi connectivity index (χ4v) is 3.38. The summed E-state index contributed by atoms with van der Waals surface area (Å²) in [4.78, 5) is 38.0. The van der Waals surface area contributed by atoms with E-state index in [1.807, 2.05) is 0 Å². The van der Waals surface area contributed by atoms with Gasteiger partial charge in [-0.05, 0) is 47.7 Å². The first kappa shape index (κ1) is 17.4. The highest BCUT2D eigenvalue weighted by molar-refractivity contribution is 9.10. The Labute approximate surface area is 156 Å². The molecule has 2 amide bonds. The normalized spacial score (nSPS) is 15.9. The number of hydrogen-bond acceptors (Lipinski definition) is 5. The summed E-state index contributed by atoms with van der Waals surface area (Å²) in [5.74, 6) is -0.754. The zero-order chi connectivity index (χ0) is 18.0. The molecule has 0 bridgehead atoms. The van der Waals surface area contributed by atoms with Gasteiger partial charge in [-0.15, -0.1) is 0 Å². The number of imide groups is 1. The number of carbonyl (C=O) groups is 3. The van der Waals surface area contributed by atoms with E-state index in [9.17, 15) is 19.5 Å². The fourth-order valence-electron chi connectivity index (χ4n) is 2.27. The molecule has 126 valence electrons. The van der Waals surface area contributed by atoms with Crippen molar-refractivity contribution < 1.29 is 19.5 Å². The molecular formula is C18H12BrNO4S. The maximum Gasteiger partial charge on any atom is 0.293 e. The number of ketones is 1. The van der Waals surface area contributed by atoms with Crippen molar-refractivity contribution in [3.05, 3.63) is 69.0 Å². The van der Waals surface area contributed by atoms with Gasteiger partial charge in [-0.1, -0.05) is 40.2 Å². The summed E-state index contributed by atoms with van der Waals surface area (Å²) >= 11 is 4.07. The fraction of sp³-hybridized carbons (Fsp3) is 0.0556. The largest absolute Gasteiger partial charge is 0.508 e. The molecule has 1 fully saturated rings. The summed E-state index contributed by atoms with van der Waals surface area (Å²) in [6, 6.07) is 13.1. The Morgan fingerprint density at radius 2 is 1.88 bits per heavy atom. The number of Topliss-reactive ketones (excluding diaryl/α,β-unsaturated/α-hetero) is 1. The minimum Gasteiger partial charge on any atom is -0.508 e. The Morgan fingerprint density at radius 3 is 2.56 bits per heavy atom. The van der Waals surface area contributed by atoms with Gasteiger partial charge in [-0.25, -0.2) is 0 Å². The molecule has 1 aliphatic rings. The smallest absolute Gasteiger partial charge is 0.293 e. The second-order valence-corrected chi connectivity index (χ2v) is 7.20. The van der Waals surface area contributed by atoms with E-state index in [4.69, 9.17) is 0 Å². The van der Waals surface area contributed by atoms with Crippen LogP contribution in [0.15, 0.2) is 57.9 Å². The SMILES string of the molecule is O=C(CN1C(=O)S/C(=C/c2cccc(O)c2)C1=O)c1ccc(Br)cc1. The van der Waals surface area contributed by atoms with Gasteiger partial charge in [0, 0.05) is 10.0 Å². The lowest BCUT2D eigenvalue weighted by Gasteiger charge is -2.11. The van der Waals surface area contributed by atoms with E-state index in [1.165, 1.54) is 18.2 Å². The van der Waals surface area contributed by atoms with Gasteiger partial charge in [0.2, 0.25) is 0 Å². The topological polar surface area (TPSA) is 74.7 Å². The van der Waals surface area contributed by atoms with Crippen LogP contribution in [0.2, 0.25) is 0 Å². The van der Waals surface area contributed by atoms with Gasteiger partial charge in [0.05, 0.1) is 11.4 Å². The summed E-state index contributed by atoms with van der Waals surface area (Å²) in [6.45, 7) is -0.302. The molecule has 5 nitrogen and oxygen atoms in total. The zero-order valence-corrected chi connectivity index (χ0v) is 15.2. The molecule has 0 unspecified atom stereocenters. The number of nitrogens with zero attached hydrogens (tertiary/aromatic N) is 1. The third-order valence-electron chi connectivity index (χ3n) is 3.51. The van der Waals surface area contributed by atoms with Crippen molar-refractivity contribution in [3.8, 4) is 5.75 Å². The molecule has 0 atom stereocenters. The van der Waals surface area contributed by atoms with Crippen molar-refractivity contribution in [1.29, 1.82) is 0 Å². The number of benzene rings is 2. The quantitative estimate of drug-likeness (QED) is 0.599. The van der Waals surface area contributed by atoms with Crippen molar-refractivity contribution in [2.75, 3.05) is 6.54 Å². The molecule has 0 spiro atoms. The Hall–Kier alpha value is -2.38. The number of rotatable bonds is 4. The highest BCUT2D eigenvalue weighted by Crippen LogP contribution is 2.32. The Kier molecular flexibility index (Phi) is 5.06. The van der Waals surface area contributed by atoms with Crippen LogP contribution in [-0.2, 0) is 4.79 Å². The maximum atomic E-state index is 12.4. The maximum absolute atomic E-state index is 12.4. The van der Waals surface area contributed by atoms with E-state index in [0.29, 0.717) is 11.1 Å². The highest BCUT2D eigenvalue weighted by atomic mass is 79.9. The van der Waals surface area contributed by atoms with Crippen LogP contribution < -0.4 is 0 Å². The second-order valence-electron chi connectivity index (χ2n) is 5.29. The van der Waals surface area contributed by atoms with Crippen LogP contribution in [0, 0.1) is 0 Å². The third-order valence-corrected chi connectivity index (χ3v) is 4.95. The van der Waals surface area contributed by atoms with Crippen LogP contribution in [0.1, 0.15) is 15.9 Å². The predicted molar refractivity (Wildman–Crippen MR) is 99.3 cm³/mol. The Morgan fingerprint density at radius 1 is 1.16 bits per heavy atom. The molecule has 1 saturated heterocycles. The number of thioether (sulfide) groups is 1. The number of phenols is 1. The van der Waals surface area contributed by atoms with Crippen LogP contribution in [0.3, 0.4) is 0 Å². The standard InChI is InChI=1S/C18H12BrNO4S/c19-13-6-4-12(5-7-13)15(22)10-20-17(23)16(25-18(20)24)9-11-2-1-3-14(21)8-11/h1-9,21H,10H2/b16-9+. The molecule has 25 heavy (non-hydrogen) atoms. The number of carbonyl (C=O) groups excluding carboxylic acids is 3. The van der Waals surface area contributed by atoms with Crippen LogP contribution in [0.25, 0.3) is 6.08 Å². The molecule has 1 aliphatic heterocycles. The van der Waals surface area contributed by atoms with Crippen LogP contribution in [-0.4, -0.2) is 33.5 Å². The Bertz CT molecular complexity index is 892. The number of phenolic OH excluding ortho intramolecular Hbond substituents is 1. The first-order valence-electron chi connectivity index (χ1n) is 7.27. The third kappa shape index (κ3) is 4.00. The van der Waals surface area contributed by atoms with Gasteiger partial charge in [0.25, 0.3) is 11.1 Å². The van der Waals surface area contributed by atoms with E-state index in [2.05, 4.69) is 15.9 Å². The van der Waals surface area contributed by atoms with Gasteiger partial charge in [0.15, 0.2) is 5.78 Å². The summed E-state index contributed by atoms with van der Waals surface area (Å²) in [5.41, 5.74) is 1.03. The van der Waals surface area contributed by atoms with E-state index >= 15 is 0 Å². The number of hydrogen-bond donors (Lipinski definition) is 1. The second kappa shape index (κ2) is 7.25. The zero-order valence-electron chi connectivity index (χ0n) is 12.8. The minimum absolute atomic E-state index is 0.0680. The first-order valence-corrected chi connectivity index (χ1v) is 8.88. The minimum atomic E-state index is -0.510. The molecule has 2 aromatic rings. The van der Waals surface area contributed by atoms with Crippen molar-refractivity contribution in [3.63, 3.8) is 0 Å². The molecule has 1 N–H and O–H groups in total. The lowest BCUT2D eigenvalue weighted by Crippen LogP contribution is -2.33. The van der Waals surface area contributed by atoms with Crippen LogP contribution >= 0.6 is 27.7 Å². The van der Waals surface area contributed by atoms with E-state index < -0.39 is 11.1 Å². The lowest BCUT2D eigenvalue weighted by atomic mass is 10.1. The molecule has 3 rings (SSSR count). The van der Waals surface area contributed by atoms with Gasteiger partial charge >= 0.3 is 0 Å². The van der Waals surface area contributed by atoms with Crippen molar-refractivity contribution in [2.24, 2.45) is 0 Å². The summed E-state index contributed by atoms with van der Waals surface area (Å²) < 4.78 is 0.837. The summed E-state index contributed by atoms with van der Waals surface area (Å²) in [5, 5.41) is 8.99. The predicted octanol–water partition coefficient (Wildman–Crippen LogP) is 4.07. The molecule has 2 aromatic carbocycles. The molecular weight excluding hydrogens is 406 g/mol. The van der Waals surface area contributed by atoms with Gasteiger partial charge in [0.1, 0.15) is 5.75 Å². The van der Waals surface area contributed by atoms with Crippen molar-refractivity contribution >= 4 is 50.7 Å². The average molecular weight is 418 g/mol.